The van der Waals surface area contributed by atoms with E-state index >= 15 is 0 Å². The molecule has 0 aliphatic carbocycles. The number of carbonyl (C=O) groups is 1. The molecule has 1 aliphatic heterocycles. The Morgan fingerprint density at radius 3 is 2.45 bits per heavy atom. The Morgan fingerprint density at radius 2 is 1.81 bits per heavy atom. The molecule has 0 spiro atoms. The maximum atomic E-state index is 11.2. The fourth-order valence-corrected chi connectivity index (χ4v) is 4.62. The molecule has 8 heteroatoms. The van der Waals surface area contributed by atoms with E-state index in [-0.39, 0.29) is 0 Å². The van der Waals surface area contributed by atoms with E-state index in [1.165, 1.54) is 0 Å². The van der Waals surface area contributed by atoms with Gasteiger partial charge in [0.15, 0.2) is 11.5 Å². The van der Waals surface area contributed by atoms with Crippen LogP contribution in [0.4, 0.5) is 5.69 Å². The molecule has 2 N–H and O–H groups in total. The fourth-order valence-electron chi connectivity index (χ4n) is 3.79. The predicted molar refractivity (Wildman–Crippen MR) is 123 cm³/mol. The van der Waals surface area contributed by atoms with E-state index in [1.54, 1.807) is 37.7 Å². The van der Waals surface area contributed by atoms with Gasteiger partial charge in [-0.25, -0.2) is 4.98 Å². The number of aromatic nitrogens is 1. The van der Waals surface area contributed by atoms with Crippen molar-refractivity contribution >= 4 is 22.9 Å². The second kappa shape index (κ2) is 9.36. The number of para-hydroxylation sites is 1. The van der Waals surface area contributed by atoms with E-state index in [0.717, 1.165) is 54.7 Å². The molecule has 0 bridgehead atoms. The summed E-state index contributed by atoms with van der Waals surface area (Å²) in [6, 6.07) is 13.3. The minimum absolute atomic E-state index is 0.398. The summed E-state index contributed by atoms with van der Waals surface area (Å²) < 4.78 is 11.0. The first-order chi connectivity index (χ1) is 15.1. The third-order valence-electron chi connectivity index (χ3n) is 5.46. The average Bonchev–Trinajstić information content (AvgIpc) is 3.27. The smallest absolute Gasteiger partial charge is 0.248 e. The minimum atomic E-state index is -0.398. The molecule has 162 valence electrons. The second-order valence-corrected chi connectivity index (χ2v) is 8.22. The van der Waals surface area contributed by atoms with Crippen LogP contribution in [-0.4, -0.2) is 56.2 Å². The van der Waals surface area contributed by atoms with Crippen molar-refractivity contribution < 1.29 is 14.3 Å². The monoisotopic (exact) mass is 438 g/mol. The lowest BCUT2D eigenvalue weighted by atomic mass is 10.1. The molecule has 31 heavy (non-hydrogen) atoms. The van der Waals surface area contributed by atoms with Crippen LogP contribution in [0.5, 0.6) is 11.5 Å². The van der Waals surface area contributed by atoms with Crippen LogP contribution in [0, 0.1) is 0 Å². The van der Waals surface area contributed by atoms with Crippen LogP contribution in [0.1, 0.15) is 16.1 Å². The van der Waals surface area contributed by atoms with Crippen LogP contribution in [-0.2, 0) is 6.54 Å². The second-order valence-electron chi connectivity index (χ2n) is 7.36. The van der Waals surface area contributed by atoms with Crippen LogP contribution < -0.4 is 20.1 Å². The van der Waals surface area contributed by atoms with Crippen molar-refractivity contribution in [2.45, 2.75) is 6.54 Å². The van der Waals surface area contributed by atoms with Crippen molar-refractivity contribution in [2.75, 3.05) is 45.3 Å². The number of anilines is 1. The maximum absolute atomic E-state index is 11.2. The molecule has 0 saturated carbocycles. The molecule has 2 heterocycles. The number of methoxy groups -OCH3 is 2. The summed E-state index contributed by atoms with van der Waals surface area (Å²) >= 11 is 1.62. The summed E-state index contributed by atoms with van der Waals surface area (Å²) in [6.45, 7) is 4.57. The molecule has 1 aliphatic rings. The third-order valence-corrected chi connectivity index (χ3v) is 6.38. The number of amides is 1. The zero-order valence-corrected chi connectivity index (χ0v) is 18.5. The van der Waals surface area contributed by atoms with Gasteiger partial charge in [-0.3, -0.25) is 9.69 Å². The van der Waals surface area contributed by atoms with Crippen LogP contribution >= 0.6 is 11.3 Å². The van der Waals surface area contributed by atoms with Crippen LogP contribution in [0.25, 0.3) is 10.6 Å². The van der Waals surface area contributed by atoms with Gasteiger partial charge in [-0.1, -0.05) is 6.07 Å². The number of primary amides is 1. The van der Waals surface area contributed by atoms with Gasteiger partial charge in [0.2, 0.25) is 5.91 Å². The zero-order valence-electron chi connectivity index (χ0n) is 17.7. The van der Waals surface area contributed by atoms with Gasteiger partial charge in [0, 0.05) is 49.4 Å². The number of piperazine rings is 1. The number of hydrogen-bond acceptors (Lipinski definition) is 7. The molecule has 0 radical (unpaired) electrons. The van der Waals surface area contributed by atoms with Crippen molar-refractivity contribution in [1.29, 1.82) is 0 Å². The Hall–Kier alpha value is -3.10. The summed E-state index contributed by atoms with van der Waals surface area (Å²) in [5.74, 6) is 1.02. The number of hydrogen-bond donors (Lipinski definition) is 1. The molecule has 1 saturated heterocycles. The average molecular weight is 439 g/mol. The van der Waals surface area contributed by atoms with Gasteiger partial charge in [-0.2, -0.15) is 0 Å². The van der Waals surface area contributed by atoms with Crippen molar-refractivity contribution in [1.82, 2.24) is 9.88 Å². The molecule has 1 fully saturated rings. The number of carbonyl (C=O) groups excluding carboxylic acids is 1. The maximum Gasteiger partial charge on any atom is 0.248 e. The zero-order chi connectivity index (χ0) is 21.8. The van der Waals surface area contributed by atoms with E-state index in [1.807, 2.05) is 30.3 Å². The summed E-state index contributed by atoms with van der Waals surface area (Å²) in [7, 11) is 3.29. The molecular weight excluding hydrogens is 412 g/mol. The number of thiazole rings is 1. The molecule has 0 unspecified atom stereocenters. The Labute approximate surface area is 186 Å². The standard InChI is InChI=1S/C23H26N4O3S/c1-29-20-5-3-4-19(21(20)30-2)23-25-17(15-31-23)14-26-10-12-27(13-11-26)18-8-6-16(7-9-18)22(24)28/h3-9,15H,10-14H2,1-2H3,(H2,24,28). The van der Waals surface area contributed by atoms with E-state index in [9.17, 15) is 4.79 Å². The van der Waals surface area contributed by atoms with E-state index in [0.29, 0.717) is 17.1 Å². The van der Waals surface area contributed by atoms with Crippen molar-refractivity contribution in [3.05, 3.63) is 59.1 Å². The largest absolute Gasteiger partial charge is 0.493 e. The molecule has 4 rings (SSSR count). The summed E-state index contributed by atoms with van der Waals surface area (Å²) in [5, 5.41) is 3.04. The Morgan fingerprint density at radius 1 is 1.06 bits per heavy atom. The molecule has 3 aromatic rings. The fraction of sp³-hybridized carbons (Fsp3) is 0.304. The molecule has 1 amide bonds. The number of nitrogens with zero attached hydrogens (tertiary/aromatic N) is 3. The molecular formula is C23H26N4O3S. The van der Waals surface area contributed by atoms with E-state index < -0.39 is 5.91 Å². The van der Waals surface area contributed by atoms with Gasteiger partial charge >= 0.3 is 0 Å². The highest BCUT2D eigenvalue weighted by Gasteiger charge is 2.20. The number of ether oxygens (including phenoxy) is 2. The predicted octanol–water partition coefficient (Wildman–Crippen LogP) is 3.25. The highest BCUT2D eigenvalue weighted by atomic mass is 32.1. The first-order valence-electron chi connectivity index (χ1n) is 10.1. The van der Waals surface area contributed by atoms with Gasteiger partial charge in [0.05, 0.1) is 25.5 Å². The Balaban J connectivity index is 1.38. The molecule has 0 atom stereocenters. The number of rotatable bonds is 7. The first-order valence-corrected chi connectivity index (χ1v) is 11.0. The number of benzene rings is 2. The lowest BCUT2D eigenvalue weighted by molar-refractivity contribution is 0.100. The quantitative estimate of drug-likeness (QED) is 0.610. The first kappa shape index (κ1) is 21.1. The molecule has 1 aromatic heterocycles. The molecule has 7 nitrogen and oxygen atoms in total. The highest BCUT2D eigenvalue weighted by Crippen LogP contribution is 2.39. The summed E-state index contributed by atoms with van der Waals surface area (Å²) in [5.41, 5.74) is 8.98. The van der Waals surface area contributed by atoms with Crippen LogP contribution in [0.2, 0.25) is 0 Å². The summed E-state index contributed by atoms with van der Waals surface area (Å²) in [6.07, 6.45) is 0. The van der Waals surface area contributed by atoms with Gasteiger partial charge in [0.25, 0.3) is 0 Å². The highest BCUT2D eigenvalue weighted by molar-refractivity contribution is 7.13. The Bertz CT molecular complexity index is 1040. The van der Waals surface area contributed by atoms with Crippen LogP contribution in [0.15, 0.2) is 47.8 Å². The lowest BCUT2D eigenvalue weighted by Gasteiger charge is -2.35. The Kier molecular flexibility index (Phi) is 6.39. The topological polar surface area (TPSA) is 80.9 Å². The molecule has 2 aromatic carbocycles. The van der Waals surface area contributed by atoms with Crippen molar-refractivity contribution in [3.63, 3.8) is 0 Å². The summed E-state index contributed by atoms with van der Waals surface area (Å²) in [4.78, 5) is 20.8. The van der Waals surface area contributed by atoms with Crippen molar-refractivity contribution in [2.24, 2.45) is 5.73 Å². The number of nitrogens with two attached hydrogens (primary N) is 1. The SMILES string of the molecule is COc1cccc(-c2nc(CN3CCN(c4ccc(C(N)=O)cc4)CC3)cs2)c1OC. The van der Waals surface area contributed by atoms with Gasteiger partial charge in [-0.05, 0) is 36.4 Å². The lowest BCUT2D eigenvalue weighted by Crippen LogP contribution is -2.46. The van der Waals surface area contributed by atoms with Gasteiger partial charge < -0.3 is 20.1 Å². The van der Waals surface area contributed by atoms with Crippen LogP contribution in [0.3, 0.4) is 0 Å². The van der Waals surface area contributed by atoms with Gasteiger partial charge in [0.1, 0.15) is 5.01 Å². The van der Waals surface area contributed by atoms with E-state index in [2.05, 4.69) is 15.2 Å². The van der Waals surface area contributed by atoms with Gasteiger partial charge in [-0.15, -0.1) is 11.3 Å². The normalized spacial score (nSPS) is 14.5. The van der Waals surface area contributed by atoms with Crippen molar-refractivity contribution in [3.8, 4) is 22.1 Å². The van der Waals surface area contributed by atoms with E-state index in [4.69, 9.17) is 20.2 Å². The third kappa shape index (κ3) is 4.65. The minimum Gasteiger partial charge on any atom is -0.493 e.